The number of ether oxygens (including phenoxy) is 2. The molecule has 0 atom stereocenters. The number of hydrogen-bond donors (Lipinski definition) is 0. The summed E-state index contributed by atoms with van der Waals surface area (Å²) < 4.78 is 53.4. The zero-order chi connectivity index (χ0) is 23.2. The summed E-state index contributed by atoms with van der Waals surface area (Å²) in [6.07, 6.45) is -3.74. The van der Waals surface area contributed by atoms with Crippen molar-refractivity contribution in [3.05, 3.63) is 82.7 Å². The van der Waals surface area contributed by atoms with Crippen LogP contribution in [0.2, 0.25) is 0 Å². The van der Waals surface area contributed by atoms with E-state index >= 15 is 0 Å². The Kier molecular flexibility index (Phi) is 5.16. The third-order valence-electron chi connectivity index (χ3n) is 5.34. The maximum absolute atomic E-state index is 14.2. The van der Waals surface area contributed by atoms with Crippen molar-refractivity contribution >= 4 is 28.0 Å². The Morgan fingerprint density at radius 1 is 0.906 bits per heavy atom. The first kappa shape index (κ1) is 21.4. The Hall–Kier alpha value is -3.81. The normalized spacial score (nSPS) is 11.7. The molecule has 0 aliphatic rings. The van der Waals surface area contributed by atoms with E-state index in [-0.39, 0.29) is 16.6 Å². The van der Waals surface area contributed by atoms with Gasteiger partial charge in [-0.1, -0.05) is 42.0 Å². The van der Waals surface area contributed by atoms with Crippen molar-refractivity contribution in [3.63, 3.8) is 0 Å². The van der Waals surface area contributed by atoms with Crippen LogP contribution in [0.25, 0.3) is 16.3 Å². The Balaban J connectivity index is 2.23. The molecule has 0 N–H and O–H groups in total. The molecular formula is C24H18F3NO4. The summed E-state index contributed by atoms with van der Waals surface area (Å²) >= 11 is 0. The highest BCUT2D eigenvalue weighted by atomic mass is 19.4. The highest BCUT2D eigenvalue weighted by molar-refractivity contribution is 6.23. The fourth-order valence-electron chi connectivity index (χ4n) is 3.90. The average molecular weight is 441 g/mol. The van der Waals surface area contributed by atoms with Crippen LogP contribution in [0.5, 0.6) is 5.75 Å². The molecule has 4 aromatic rings. The number of aromatic nitrogens is 1. The van der Waals surface area contributed by atoms with Crippen LogP contribution in [0, 0.1) is 6.92 Å². The molecule has 0 saturated carbocycles. The first-order valence-corrected chi connectivity index (χ1v) is 9.59. The summed E-state index contributed by atoms with van der Waals surface area (Å²) in [5, 5.41) is 0.839. The van der Waals surface area contributed by atoms with Crippen LogP contribution in [0.4, 0.5) is 13.2 Å². The van der Waals surface area contributed by atoms with Crippen molar-refractivity contribution in [1.82, 2.24) is 4.40 Å². The van der Waals surface area contributed by atoms with E-state index in [1.54, 1.807) is 30.3 Å². The molecule has 0 fully saturated rings. The number of alkyl halides is 3. The summed E-state index contributed by atoms with van der Waals surface area (Å²) in [6.45, 7) is 1.82. The lowest BCUT2D eigenvalue weighted by atomic mass is 9.97. The number of halogens is 3. The van der Waals surface area contributed by atoms with Gasteiger partial charge in [0.15, 0.2) is 5.78 Å². The van der Waals surface area contributed by atoms with Crippen molar-refractivity contribution in [3.8, 4) is 5.75 Å². The van der Waals surface area contributed by atoms with E-state index < -0.39 is 29.2 Å². The lowest BCUT2D eigenvalue weighted by Crippen LogP contribution is -2.17. The number of pyridine rings is 1. The molecule has 0 spiro atoms. The zero-order valence-corrected chi connectivity index (χ0v) is 17.4. The minimum atomic E-state index is -4.93. The van der Waals surface area contributed by atoms with Gasteiger partial charge in [-0.15, -0.1) is 0 Å². The largest absolute Gasteiger partial charge is 0.496 e. The third-order valence-corrected chi connectivity index (χ3v) is 5.34. The molecular weight excluding hydrogens is 423 g/mol. The van der Waals surface area contributed by atoms with Crippen LogP contribution in [0.15, 0.2) is 54.7 Å². The number of rotatable bonds is 4. The van der Waals surface area contributed by atoms with Crippen molar-refractivity contribution < 1.29 is 32.2 Å². The molecule has 2 heterocycles. The van der Waals surface area contributed by atoms with Gasteiger partial charge in [0, 0.05) is 22.5 Å². The van der Waals surface area contributed by atoms with Gasteiger partial charge in [-0.05, 0) is 19.1 Å². The Labute approximate surface area is 181 Å². The lowest BCUT2D eigenvalue weighted by molar-refractivity contribution is -0.142. The van der Waals surface area contributed by atoms with Crippen molar-refractivity contribution in [2.75, 3.05) is 14.2 Å². The third kappa shape index (κ3) is 3.28. The van der Waals surface area contributed by atoms with E-state index in [4.69, 9.17) is 4.74 Å². The maximum Gasteiger partial charge on any atom is 0.432 e. The van der Waals surface area contributed by atoms with Crippen LogP contribution in [-0.2, 0) is 10.9 Å². The molecule has 0 bridgehead atoms. The van der Waals surface area contributed by atoms with Gasteiger partial charge < -0.3 is 13.9 Å². The number of carbonyl (C=O) groups excluding carboxylic acids is 2. The van der Waals surface area contributed by atoms with E-state index in [2.05, 4.69) is 4.74 Å². The van der Waals surface area contributed by atoms with Crippen molar-refractivity contribution in [2.24, 2.45) is 0 Å². The number of benzene rings is 2. The average Bonchev–Trinajstić information content (AvgIpc) is 3.14. The van der Waals surface area contributed by atoms with E-state index in [0.29, 0.717) is 16.5 Å². The van der Waals surface area contributed by atoms with Crippen LogP contribution in [0.1, 0.15) is 37.5 Å². The van der Waals surface area contributed by atoms with Gasteiger partial charge in [0.2, 0.25) is 0 Å². The monoisotopic (exact) mass is 441 g/mol. The van der Waals surface area contributed by atoms with Crippen LogP contribution >= 0.6 is 0 Å². The minimum Gasteiger partial charge on any atom is -0.496 e. The second-order valence-corrected chi connectivity index (χ2v) is 7.24. The van der Waals surface area contributed by atoms with Crippen molar-refractivity contribution in [2.45, 2.75) is 13.1 Å². The number of hydrogen-bond acceptors (Lipinski definition) is 4. The molecule has 0 aliphatic carbocycles. The molecule has 164 valence electrons. The molecule has 4 rings (SSSR count). The molecule has 32 heavy (non-hydrogen) atoms. The number of methoxy groups -OCH3 is 2. The zero-order valence-electron chi connectivity index (χ0n) is 17.4. The lowest BCUT2D eigenvalue weighted by Gasteiger charge is -2.11. The van der Waals surface area contributed by atoms with Gasteiger partial charge in [0.1, 0.15) is 17.0 Å². The summed E-state index contributed by atoms with van der Waals surface area (Å²) in [7, 11) is 2.42. The number of carbonyl (C=O) groups is 2. The highest BCUT2D eigenvalue weighted by Crippen LogP contribution is 2.41. The van der Waals surface area contributed by atoms with Gasteiger partial charge in [-0.3, -0.25) is 4.79 Å². The number of fused-ring (bicyclic) bond motifs is 3. The number of nitrogens with zero attached hydrogens (tertiary/aromatic N) is 1. The quantitative estimate of drug-likeness (QED) is 0.312. The molecule has 2 aromatic carbocycles. The number of esters is 1. The van der Waals surface area contributed by atoms with Gasteiger partial charge >= 0.3 is 12.1 Å². The molecule has 0 radical (unpaired) electrons. The molecule has 2 aromatic heterocycles. The second-order valence-electron chi connectivity index (χ2n) is 7.24. The standard InChI is InChI=1S/C24H18F3NO4/c1-13-7-9-14(10-8-13)21(29)18-19(23(30)32-3)22(24(25,26)27)28-12-11-15-16(20(18)28)5-4-6-17(15)31-2/h4-12H,1-3H3. The molecule has 5 nitrogen and oxygen atoms in total. The van der Waals surface area contributed by atoms with Crippen molar-refractivity contribution in [1.29, 1.82) is 0 Å². The first-order chi connectivity index (χ1) is 15.2. The first-order valence-electron chi connectivity index (χ1n) is 9.59. The summed E-state index contributed by atoms with van der Waals surface area (Å²) in [4.78, 5) is 26.1. The van der Waals surface area contributed by atoms with E-state index in [9.17, 15) is 22.8 Å². The Bertz CT molecular complexity index is 1370. The minimum absolute atomic E-state index is 0.0419. The predicted molar refractivity (Wildman–Crippen MR) is 112 cm³/mol. The Morgan fingerprint density at radius 2 is 1.59 bits per heavy atom. The number of aryl methyl sites for hydroxylation is 1. The highest BCUT2D eigenvalue weighted by Gasteiger charge is 2.43. The van der Waals surface area contributed by atoms with Crippen LogP contribution in [-0.4, -0.2) is 30.4 Å². The number of ketones is 1. The van der Waals surface area contributed by atoms with Gasteiger partial charge in [0.05, 0.1) is 25.3 Å². The molecule has 0 saturated heterocycles. The Morgan fingerprint density at radius 3 is 2.19 bits per heavy atom. The summed E-state index contributed by atoms with van der Waals surface area (Å²) in [6, 6.07) is 12.7. The summed E-state index contributed by atoms with van der Waals surface area (Å²) in [5.41, 5.74) is -1.46. The predicted octanol–water partition coefficient (Wildman–Crippen LogP) is 5.45. The van der Waals surface area contributed by atoms with Crippen LogP contribution in [0.3, 0.4) is 0 Å². The molecule has 0 amide bonds. The molecule has 8 heteroatoms. The van der Waals surface area contributed by atoms with E-state index in [1.807, 2.05) is 6.92 Å². The molecule has 0 unspecified atom stereocenters. The fourth-order valence-corrected chi connectivity index (χ4v) is 3.90. The topological polar surface area (TPSA) is 57.0 Å². The fraction of sp³-hybridized carbons (Fsp3) is 0.167. The van der Waals surface area contributed by atoms with Gasteiger partial charge in [-0.2, -0.15) is 13.2 Å². The SMILES string of the molecule is COC(=O)c1c(C(=O)c2ccc(C)cc2)c2c3cccc(OC)c3ccn2c1C(F)(F)F. The smallest absolute Gasteiger partial charge is 0.432 e. The summed E-state index contributed by atoms with van der Waals surface area (Å²) in [5.74, 6) is -1.53. The van der Waals surface area contributed by atoms with E-state index in [1.165, 1.54) is 31.5 Å². The maximum atomic E-state index is 14.2. The van der Waals surface area contributed by atoms with Crippen LogP contribution < -0.4 is 4.74 Å². The van der Waals surface area contributed by atoms with Gasteiger partial charge in [-0.25, -0.2) is 4.79 Å². The van der Waals surface area contributed by atoms with Gasteiger partial charge in [0.25, 0.3) is 0 Å². The second kappa shape index (κ2) is 7.71. The van der Waals surface area contributed by atoms with E-state index in [0.717, 1.165) is 17.1 Å². The molecule has 0 aliphatic heterocycles.